The second-order valence-corrected chi connectivity index (χ2v) is 3.13. The van der Waals surface area contributed by atoms with Crippen molar-refractivity contribution >= 4 is 11.8 Å². The Morgan fingerprint density at radius 1 is 1.54 bits per heavy atom. The fourth-order valence-corrected chi connectivity index (χ4v) is 1.21. The standard InChI is InChI=1S/C9H14O4/c1-2-13-9(11)6-12-5-7-3-8(10)4-7/h7H,2-6H2,1H3. The van der Waals surface area contributed by atoms with Crippen molar-refractivity contribution in [1.82, 2.24) is 0 Å². The zero-order valence-electron chi connectivity index (χ0n) is 7.75. The fourth-order valence-electron chi connectivity index (χ4n) is 1.21. The highest BCUT2D eigenvalue weighted by Gasteiger charge is 2.26. The van der Waals surface area contributed by atoms with Crippen molar-refractivity contribution < 1.29 is 19.1 Å². The normalized spacial score (nSPS) is 16.8. The van der Waals surface area contributed by atoms with E-state index in [0.29, 0.717) is 32.0 Å². The van der Waals surface area contributed by atoms with Gasteiger partial charge in [-0.2, -0.15) is 0 Å². The third-order valence-electron chi connectivity index (χ3n) is 1.91. The summed E-state index contributed by atoms with van der Waals surface area (Å²) in [5.41, 5.74) is 0. The van der Waals surface area contributed by atoms with E-state index in [1.807, 2.05) is 0 Å². The van der Waals surface area contributed by atoms with Crippen molar-refractivity contribution in [2.75, 3.05) is 19.8 Å². The van der Waals surface area contributed by atoms with Crippen LogP contribution in [0.1, 0.15) is 19.8 Å². The zero-order valence-corrected chi connectivity index (χ0v) is 7.75. The van der Waals surface area contributed by atoms with Crippen LogP contribution in [-0.2, 0) is 19.1 Å². The first kappa shape index (κ1) is 10.2. The lowest BCUT2D eigenvalue weighted by Crippen LogP contribution is -2.28. The molecule has 0 N–H and O–H groups in total. The van der Waals surface area contributed by atoms with Gasteiger partial charge in [-0.05, 0) is 12.8 Å². The van der Waals surface area contributed by atoms with Crippen molar-refractivity contribution in [3.05, 3.63) is 0 Å². The monoisotopic (exact) mass is 186 g/mol. The van der Waals surface area contributed by atoms with Crippen LogP contribution in [0.4, 0.5) is 0 Å². The number of rotatable bonds is 5. The molecule has 0 aliphatic heterocycles. The molecule has 1 aliphatic rings. The first-order chi connectivity index (χ1) is 6.22. The molecular weight excluding hydrogens is 172 g/mol. The second-order valence-electron chi connectivity index (χ2n) is 3.13. The van der Waals surface area contributed by atoms with Gasteiger partial charge in [-0.15, -0.1) is 0 Å². The molecule has 74 valence electrons. The Morgan fingerprint density at radius 2 is 2.23 bits per heavy atom. The summed E-state index contributed by atoms with van der Waals surface area (Å²) in [6.45, 7) is 2.62. The van der Waals surface area contributed by atoms with Crippen LogP contribution in [0.3, 0.4) is 0 Å². The SMILES string of the molecule is CCOC(=O)COCC1CC(=O)C1. The Balaban J connectivity index is 1.95. The first-order valence-corrected chi connectivity index (χ1v) is 4.47. The van der Waals surface area contributed by atoms with Crippen molar-refractivity contribution in [2.45, 2.75) is 19.8 Å². The second kappa shape index (κ2) is 4.97. The van der Waals surface area contributed by atoms with Crippen LogP contribution in [0, 0.1) is 5.92 Å². The lowest BCUT2D eigenvalue weighted by Gasteiger charge is -2.23. The number of carbonyl (C=O) groups excluding carboxylic acids is 2. The molecule has 0 aromatic carbocycles. The molecule has 0 amide bonds. The minimum Gasteiger partial charge on any atom is -0.464 e. The molecule has 4 nitrogen and oxygen atoms in total. The molecule has 13 heavy (non-hydrogen) atoms. The Hall–Kier alpha value is -0.900. The van der Waals surface area contributed by atoms with Crippen LogP contribution < -0.4 is 0 Å². The van der Waals surface area contributed by atoms with Crippen LogP contribution in [0.2, 0.25) is 0 Å². The molecule has 4 heteroatoms. The predicted molar refractivity (Wildman–Crippen MR) is 45.2 cm³/mol. The Kier molecular flexibility index (Phi) is 3.89. The maximum absolute atomic E-state index is 10.8. The molecule has 1 fully saturated rings. The number of ketones is 1. The summed E-state index contributed by atoms with van der Waals surface area (Å²) >= 11 is 0. The van der Waals surface area contributed by atoms with E-state index in [9.17, 15) is 9.59 Å². The van der Waals surface area contributed by atoms with E-state index in [1.165, 1.54) is 0 Å². The van der Waals surface area contributed by atoms with E-state index in [1.54, 1.807) is 6.92 Å². The quantitative estimate of drug-likeness (QED) is 0.588. The topological polar surface area (TPSA) is 52.6 Å². The molecule has 0 heterocycles. The summed E-state index contributed by atoms with van der Waals surface area (Å²) in [5, 5.41) is 0. The van der Waals surface area contributed by atoms with Crippen LogP contribution >= 0.6 is 0 Å². The molecule has 0 atom stereocenters. The van der Waals surface area contributed by atoms with E-state index in [4.69, 9.17) is 4.74 Å². The molecule has 0 radical (unpaired) electrons. The minimum atomic E-state index is -0.340. The largest absolute Gasteiger partial charge is 0.464 e. The minimum absolute atomic E-state index is 0.00146. The van der Waals surface area contributed by atoms with Gasteiger partial charge in [-0.1, -0.05) is 0 Å². The van der Waals surface area contributed by atoms with Crippen molar-refractivity contribution in [1.29, 1.82) is 0 Å². The third kappa shape index (κ3) is 3.55. The molecule has 0 aromatic rings. The number of hydrogen-bond acceptors (Lipinski definition) is 4. The van der Waals surface area contributed by atoms with Gasteiger partial charge < -0.3 is 9.47 Å². The van der Waals surface area contributed by atoms with Gasteiger partial charge >= 0.3 is 5.97 Å². The fraction of sp³-hybridized carbons (Fsp3) is 0.778. The molecule has 0 aromatic heterocycles. The number of carbonyl (C=O) groups is 2. The van der Waals surface area contributed by atoms with Crippen LogP contribution in [-0.4, -0.2) is 31.6 Å². The van der Waals surface area contributed by atoms with Gasteiger partial charge in [-0.25, -0.2) is 4.79 Å². The van der Waals surface area contributed by atoms with Crippen LogP contribution in [0.5, 0.6) is 0 Å². The van der Waals surface area contributed by atoms with Gasteiger partial charge in [0.15, 0.2) is 0 Å². The van der Waals surface area contributed by atoms with Crippen molar-refractivity contribution in [3.63, 3.8) is 0 Å². The summed E-state index contributed by atoms with van der Waals surface area (Å²) < 4.78 is 9.74. The lowest BCUT2D eigenvalue weighted by molar-refractivity contribution is -0.149. The van der Waals surface area contributed by atoms with Crippen molar-refractivity contribution in [2.24, 2.45) is 5.92 Å². The van der Waals surface area contributed by atoms with Crippen molar-refractivity contribution in [3.8, 4) is 0 Å². The van der Waals surface area contributed by atoms with E-state index >= 15 is 0 Å². The van der Waals surface area contributed by atoms with Crippen LogP contribution in [0.15, 0.2) is 0 Å². The summed E-state index contributed by atoms with van der Waals surface area (Å²) in [7, 11) is 0. The van der Waals surface area contributed by atoms with E-state index in [-0.39, 0.29) is 18.4 Å². The number of hydrogen-bond donors (Lipinski definition) is 0. The average Bonchev–Trinajstić information content (AvgIpc) is 2.01. The molecular formula is C9H14O4. The first-order valence-electron chi connectivity index (χ1n) is 4.47. The summed E-state index contributed by atoms with van der Waals surface area (Å²) in [5.74, 6) is 0.264. The summed E-state index contributed by atoms with van der Waals surface area (Å²) in [6.07, 6.45) is 1.20. The molecule has 1 saturated carbocycles. The Bertz CT molecular complexity index is 192. The van der Waals surface area contributed by atoms with Crippen LogP contribution in [0.25, 0.3) is 0 Å². The Morgan fingerprint density at radius 3 is 2.77 bits per heavy atom. The highest BCUT2D eigenvalue weighted by Crippen LogP contribution is 2.22. The number of esters is 1. The van der Waals surface area contributed by atoms with E-state index < -0.39 is 0 Å². The van der Waals surface area contributed by atoms with Gasteiger partial charge in [-0.3, -0.25) is 4.79 Å². The molecule has 0 bridgehead atoms. The molecule has 0 spiro atoms. The predicted octanol–water partition coefficient (Wildman–Crippen LogP) is 0.545. The molecule has 0 saturated heterocycles. The number of ether oxygens (including phenoxy) is 2. The number of Topliss-reactive ketones (excluding diaryl/α,β-unsaturated/α-hetero) is 1. The van der Waals surface area contributed by atoms with Gasteiger partial charge in [0.2, 0.25) is 0 Å². The van der Waals surface area contributed by atoms with Gasteiger partial charge in [0, 0.05) is 12.8 Å². The zero-order chi connectivity index (χ0) is 9.68. The maximum Gasteiger partial charge on any atom is 0.332 e. The van der Waals surface area contributed by atoms with Gasteiger partial charge in [0.1, 0.15) is 12.4 Å². The van der Waals surface area contributed by atoms with E-state index in [2.05, 4.69) is 4.74 Å². The average molecular weight is 186 g/mol. The molecule has 1 aliphatic carbocycles. The molecule has 1 rings (SSSR count). The van der Waals surface area contributed by atoms with E-state index in [0.717, 1.165) is 0 Å². The maximum atomic E-state index is 10.8. The highest BCUT2D eigenvalue weighted by atomic mass is 16.6. The third-order valence-corrected chi connectivity index (χ3v) is 1.91. The summed E-state index contributed by atoms with van der Waals surface area (Å²) in [4.78, 5) is 21.3. The lowest BCUT2D eigenvalue weighted by atomic mass is 9.85. The highest BCUT2D eigenvalue weighted by molar-refractivity contribution is 5.84. The summed E-state index contributed by atoms with van der Waals surface area (Å²) in [6, 6.07) is 0. The smallest absolute Gasteiger partial charge is 0.332 e. The Labute approximate surface area is 77.2 Å². The molecule has 0 unspecified atom stereocenters. The van der Waals surface area contributed by atoms with Gasteiger partial charge in [0.05, 0.1) is 13.2 Å². The van der Waals surface area contributed by atoms with Gasteiger partial charge in [0.25, 0.3) is 0 Å².